The van der Waals surface area contributed by atoms with Crippen LogP contribution < -0.4 is 32.7 Å². The van der Waals surface area contributed by atoms with Gasteiger partial charge in [0, 0.05) is 65.1 Å². The van der Waals surface area contributed by atoms with Crippen LogP contribution in [0.5, 0.6) is 0 Å². The standard InChI is InChI=1S/C40H62N12O4/c1-47(2)17-13-15-43-37(53)33-23-31(27-49(33)5)45-39(55)35-21-29(41)25-51(35)19-11-9-7-8-10-12-20-52-26-30(42)22-36(52)40(56)46-32-24-34(50(6)28-32)38(54)44-16-14-18-48(3)4/h21-28H,7-20,41-42H2,1-6H3,(H,43,53)(H,44,54)(H,45,55)(H,46,56). The van der Waals surface area contributed by atoms with Crippen LogP contribution in [0.15, 0.2) is 49.1 Å². The average molecular weight is 775 g/mol. The predicted octanol–water partition coefficient (Wildman–Crippen LogP) is 4.04. The van der Waals surface area contributed by atoms with Gasteiger partial charge in [-0.15, -0.1) is 0 Å². The van der Waals surface area contributed by atoms with Crippen molar-refractivity contribution in [2.24, 2.45) is 14.1 Å². The van der Waals surface area contributed by atoms with Crippen LogP contribution in [-0.4, -0.2) is 106 Å². The monoisotopic (exact) mass is 775 g/mol. The number of unbranched alkanes of at least 4 members (excludes halogenated alkanes) is 5. The first kappa shape index (κ1) is 43.3. The summed E-state index contributed by atoms with van der Waals surface area (Å²) in [6.45, 7) is 4.21. The minimum absolute atomic E-state index is 0.186. The molecule has 0 saturated heterocycles. The molecule has 0 spiro atoms. The van der Waals surface area contributed by atoms with E-state index >= 15 is 0 Å². The second-order valence-electron chi connectivity index (χ2n) is 15.0. The highest BCUT2D eigenvalue weighted by molar-refractivity contribution is 6.05. The van der Waals surface area contributed by atoms with Crippen LogP contribution >= 0.6 is 0 Å². The number of nitrogens with one attached hydrogen (secondary N) is 4. The van der Waals surface area contributed by atoms with Gasteiger partial charge in [-0.05, 0) is 91.2 Å². The third-order valence-electron chi connectivity index (χ3n) is 9.47. The van der Waals surface area contributed by atoms with E-state index in [2.05, 4.69) is 31.1 Å². The minimum Gasteiger partial charge on any atom is -0.397 e. The fourth-order valence-corrected chi connectivity index (χ4v) is 6.57. The molecule has 56 heavy (non-hydrogen) atoms. The Morgan fingerprint density at radius 1 is 0.518 bits per heavy atom. The summed E-state index contributed by atoms with van der Waals surface area (Å²) in [4.78, 5) is 56.0. The Kier molecular flexibility index (Phi) is 16.2. The van der Waals surface area contributed by atoms with Crippen molar-refractivity contribution in [1.29, 1.82) is 0 Å². The van der Waals surface area contributed by atoms with Crippen molar-refractivity contribution in [1.82, 2.24) is 38.7 Å². The highest BCUT2D eigenvalue weighted by atomic mass is 16.2. The first-order chi connectivity index (χ1) is 26.7. The minimum atomic E-state index is -0.286. The molecular formula is C40H62N12O4. The van der Waals surface area contributed by atoms with Gasteiger partial charge in [-0.1, -0.05) is 25.7 Å². The predicted molar refractivity (Wildman–Crippen MR) is 223 cm³/mol. The third-order valence-corrected chi connectivity index (χ3v) is 9.47. The van der Waals surface area contributed by atoms with Gasteiger partial charge in [0.15, 0.2) is 0 Å². The number of amides is 4. The fourth-order valence-electron chi connectivity index (χ4n) is 6.57. The van der Waals surface area contributed by atoms with Crippen LogP contribution in [0.2, 0.25) is 0 Å². The zero-order valence-electron chi connectivity index (χ0n) is 34.0. The van der Waals surface area contributed by atoms with E-state index in [-0.39, 0.29) is 23.6 Å². The lowest BCUT2D eigenvalue weighted by molar-refractivity contribution is 0.0936. The van der Waals surface area contributed by atoms with Crippen LogP contribution in [0, 0.1) is 0 Å². The third kappa shape index (κ3) is 13.1. The second kappa shape index (κ2) is 21.0. The highest BCUT2D eigenvalue weighted by Gasteiger charge is 2.19. The number of hydrogen-bond acceptors (Lipinski definition) is 8. The van der Waals surface area contributed by atoms with Crippen LogP contribution in [-0.2, 0) is 27.2 Å². The van der Waals surface area contributed by atoms with Crippen molar-refractivity contribution in [3.8, 4) is 0 Å². The number of aryl methyl sites for hydroxylation is 4. The van der Waals surface area contributed by atoms with Crippen LogP contribution in [0.25, 0.3) is 0 Å². The van der Waals surface area contributed by atoms with Crippen molar-refractivity contribution in [2.75, 3.05) is 76.5 Å². The molecule has 0 radical (unpaired) electrons. The van der Waals surface area contributed by atoms with Gasteiger partial charge in [0.1, 0.15) is 22.8 Å². The van der Waals surface area contributed by atoms with Gasteiger partial charge in [-0.2, -0.15) is 0 Å². The van der Waals surface area contributed by atoms with Crippen molar-refractivity contribution < 1.29 is 19.2 Å². The summed E-state index contributed by atoms with van der Waals surface area (Å²) in [5, 5.41) is 11.7. The normalized spacial score (nSPS) is 11.4. The Balaban J connectivity index is 1.17. The molecule has 0 saturated carbocycles. The smallest absolute Gasteiger partial charge is 0.272 e. The maximum atomic E-state index is 13.2. The Bertz CT molecular complexity index is 1780. The van der Waals surface area contributed by atoms with Gasteiger partial charge in [-0.3, -0.25) is 19.2 Å². The van der Waals surface area contributed by atoms with E-state index in [9.17, 15) is 19.2 Å². The first-order valence-corrected chi connectivity index (χ1v) is 19.4. The van der Waals surface area contributed by atoms with Crippen molar-refractivity contribution in [3.63, 3.8) is 0 Å². The Labute approximate surface area is 330 Å². The largest absolute Gasteiger partial charge is 0.397 e. The lowest BCUT2D eigenvalue weighted by atomic mass is 10.1. The lowest BCUT2D eigenvalue weighted by Crippen LogP contribution is -2.28. The fraction of sp³-hybridized carbons (Fsp3) is 0.500. The second-order valence-corrected chi connectivity index (χ2v) is 15.0. The Morgan fingerprint density at radius 2 is 0.893 bits per heavy atom. The number of carbonyl (C=O) groups is 4. The molecule has 4 heterocycles. The van der Waals surface area contributed by atoms with Gasteiger partial charge >= 0.3 is 0 Å². The lowest BCUT2D eigenvalue weighted by Gasteiger charge is -2.10. The summed E-state index contributed by atoms with van der Waals surface area (Å²) in [6.07, 6.45) is 14.5. The molecule has 16 heteroatoms. The van der Waals surface area contributed by atoms with Gasteiger partial charge in [0.05, 0.1) is 22.7 Å². The first-order valence-electron chi connectivity index (χ1n) is 19.4. The van der Waals surface area contributed by atoms with Crippen molar-refractivity contribution >= 4 is 46.4 Å². The van der Waals surface area contributed by atoms with Gasteiger partial charge in [0.25, 0.3) is 23.6 Å². The van der Waals surface area contributed by atoms with E-state index in [4.69, 9.17) is 11.5 Å². The molecule has 4 rings (SSSR count). The van der Waals surface area contributed by atoms with Crippen LogP contribution in [0.4, 0.5) is 22.7 Å². The number of nitrogens with two attached hydrogens (primary N) is 2. The van der Waals surface area contributed by atoms with E-state index < -0.39 is 0 Å². The number of anilines is 4. The molecule has 4 amide bonds. The molecule has 0 aliphatic rings. The van der Waals surface area contributed by atoms with E-state index in [1.807, 2.05) is 37.3 Å². The maximum Gasteiger partial charge on any atom is 0.272 e. The average Bonchev–Trinajstić information content (AvgIpc) is 3.90. The number of rotatable bonds is 23. The number of aromatic nitrogens is 4. The van der Waals surface area contributed by atoms with Gasteiger partial charge in [-0.25, -0.2) is 0 Å². The topological polar surface area (TPSA) is 195 Å². The molecule has 4 aromatic rings. The summed E-state index contributed by atoms with van der Waals surface area (Å²) >= 11 is 0. The molecule has 0 bridgehead atoms. The molecule has 4 aromatic heterocycles. The van der Waals surface area contributed by atoms with Crippen molar-refractivity contribution in [2.45, 2.75) is 64.5 Å². The zero-order valence-corrected chi connectivity index (χ0v) is 34.0. The molecular weight excluding hydrogens is 713 g/mol. The molecule has 0 aliphatic carbocycles. The Hall–Kier alpha value is -5.48. The Morgan fingerprint density at radius 3 is 1.27 bits per heavy atom. The molecule has 0 fully saturated rings. The van der Waals surface area contributed by atoms with E-state index in [1.165, 1.54) is 0 Å². The summed E-state index contributed by atoms with van der Waals surface area (Å²) in [5.74, 6) is -0.943. The highest BCUT2D eigenvalue weighted by Crippen LogP contribution is 2.20. The molecule has 16 nitrogen and oxygen atoms in total. The molecule has 0 unspecified atom stereocenters. The summed E-state index contributed by atoms with van der Waals surface area (Å²) < 4.78 is 7.17. The van der Waals surface area contributed by atoms with Crippen molar-refractivity contribution in [3.05, 3.63) is 71.8 Å². The molecule has 0 aliphatic heterocycles. The molecule has 0 aromatic carbocycles. The van der Waals surface area contributed by atoms with Crippen LogP contribution in [0.1, 0.15) is 93.3 Å². The summed E-state index contributed by atoms with van der Waals surface area (Å²) in [7, 11) is 11.5. The van der Waals surface area contributed by atoms with E-state index in [1.54, 1.807) is 72.3 Å². The van der Waals surface area contributed by atoms with Gasteiger partial charge < -0.3 is 60.8 Å². The molecule has 8 N–H and O–H groups in total. The zero-order chi connectivity index (χ0) is 40.8. The number of carbonyl (C=O) groups excluding carboxylic acids is 4. The summed E-state index contributed by atoms with van der Waals surface area (Å²) in [6, 6.07) is 6.69. The van der Waals surface area contributed by atoms with Gasteiger partial charge in [0.2, 0.25) is 0 Å². The quantitative estimate of drug-likeness (QED) is 0.0608. The maximum absolute atomic E-state index is 13.2. The number of hydrogen-bond donors (Lipinski definition) is 6. The van der Waals surface area contributed by atoms with Crippen LogP contribution in [0.3, 0.4) is 0 Å². The molecule has 0 atom stereocenters. The summed E-state index contributed by atoms with van der Waals surface area (Å²) in [5.41, 5.74) is 16.2. The van der Waals surface area contributed by atoms with E-state index in [0.717, 1.165) is 64.5 Å². The van der Waals surface area contributed by atoms with E-state index in [0.29, 0.717) is 71.7 Å². The number of nitrogen functional groups attached to an aromatic ring is 2. The SMILES string of the molecule is CN(C)CCCNC(=O)c1cc(NC(=O)c2cc(N)cn2CCCCCCCCn2cc(N)cc2C(=O)Nc2cc(C(=O)NCCCN(C)C)n(C)c2)cn1C. The number of nitrogens with zero attached hydrogens (tertiary/aromatic N) is 6. The molecule has 306 valence electrons.